The number of nitrogens with one attached hydrogen (secondary N) is 2. The van der Waals surface area contributed by atoms with Crippen LogP contribution >= 0.6 is 0 Å². The Labute approximate surface area is 87.3 Å². The summed E-state index contributed by atoms with van der Waals surface area (Å²) in [5.41, 5.74) is 0. The van der Waals surface area contributed by atoms with Gasteiger partial charge in [-0.25, -0.2) is 0 Å². The van der Waals surface area contributed by atoms with Crippen LogP contribution in [0, 0.1) is 0 Å². The van der Waals surface area contributed by atoms with Gasteiger partial charge in [-0.1, -0.05) is 0 Å². The molecule has 0 amide bonds. The van der Waals surface area contributed by atoms with Crippen LogP contribution in [0.1, 0.15) is 38.5 Å². The zero-order chi connectivity index (χ0) is 10.1. The van der Waals surface area contributed by atoms with Crippen molar-refractivity contribution in [3.05, 3.63) is 0 Å². The van der Waals surface area contributed by atoms with Gasteiger partial charge in [-0.2, -0.15) is 0 Å². The van der Waals surface area contributed by atoms with Crippen molar-refractivity contribution in [3.63, 3.8) is 0 Å². The third kappa shape index (κ3) is 5.58. The molecule has 1 heterocycles. The predicted octanol–water partition coefficient (Wildman–Crippen LogP) is 0.881. The maximum atomic E-state index is 8.62. The first-order chi connectivity index (χ1) is 6.93. The van der Waals surface area contributed by atoms with Crippen molar-refractivity contribution in [1.82, 2.24) is 10.6 Å². The van der Waals surface area contributed by atoms with Crippen molar-refractivity contribution in [2.24, 2.45) is 0 Å². The van der Waals surface area contributed by atoms with Crippen LogP contribution in [0.5, 0.6) is 0 Å². The van der Waals surface area contributed by atoms with Gasteiger partial charge in [0.25, 0.3) is 0 Å². The van der Waals surface area contributed by atoms with Gasteiger partial charge in [0.2, 0.25) is 0 Å². The first kappa shape index (κ1) is 12.0. The van der Waals surface area contributed by atoms with Crippen molar-refractivity contribution in [3.8, 4) is 0 Å². The first-order valence-corrected chi connectivity index (χ1v) is 5.98. The average molecular weight is 200 g/mol. The molecule has 1 aliphatic heterocycles. The molecule has 0 saturated carbocycles. The van der Waals surface area contributed by atoms with E-state index in [9.17, 15) is 0 Å². The minimum atomic E-state index is 0.341. The zero-order valence-corrected chi connectivity index (χ0v) is 9.10. The summed E-state index contributed by atoms with van der Waals surface area (Å²) in [7, 11) is 0. The molecule has 0 aromatic carbocycles. The summed E-state index contributed by atoms with van der Waals surface area (Å²) >= 11 is 0. The first-order valence-electron chi connectivity index (χ1n) is 5.98. The van der Waals surface area contributed by atoms with E-state index in [0.717, 1.165) is 32.0 Å². The van der Waals surface area contributed by atoms with E-state index in [1.54, 1.807) is 0 Å². The second kappa shape index (κ2) is 8.21. The van der Waals surface area contributed by atoms with E-state index in [1.165, 1.54) is 32.2 Å². The molecule has 1 unspecified atom stereocenters. The van der Waals surface area contributed by atoms with Crippen molar-refractivity contribution in [1.29, 1.82) is 0 Å². The Morgan fingerprint density at radius 2 is 2.07 bits per heavy atom. The SMILES string of the molecule is OCCCCCNC1CCCNCC1. The quantitative estimate of drug-likeness (QED) is 0.558. The normalized spacial score (nSPS) is 23.4. The predicted molar refractivity (Wildman–Crippen MR) is 59.4 cm³/mol. The van der Waals surface area contributed by atoms with Gasteiger partial charge in [0.1, 0.15) is 0 Å². The van der Waals surface area contributed by atoms with Crippen LogP contribution in [-0.4, -0.2) is 37.4 Å². The Kier molecular flexibility index (Phi) is 7.01. The fraction of sp³-hybridized carbons (Fsp3) is 1.00. The van der Waals surface area contributed by atoms with E-state index in [-0.39, 0.29) is 0 Å². The lowest BCUT2D eigenvalue weighted by Gasteiger charge is -2.15. The van der Waals surface area contributed by atoms with Crippen LogP contribution < -0.4 is 10.6 Å². The van der Waals surface area contributed by atoms with Gasteiger partial charge in [-0.15, -0.1) is 0 Å². The fourth-order valence-electron chi connectivity index (χ4n) is 1.94. The molecule has 0 aromatic rings. The van der Waals surface area contributed by atoms with Gasteiger partial charge in [0, 0.05) is 12.6 Å². The summed E-state index contributed by atoms with van der Waals surface area (Å²) in [5, 5.41) is 15.6. The fourth-order valence-corrected chi connectivity index (χ4v) is 1.94. The Hall–Kier alpha value is -0.120. The van der Waals surface area contributed by atoms with E-state index >= 15 is 0 Å². The van der Waals surface area contributed by atoms with Gasteiger partial charge >= 0.3 is 0 Å². The van der Waals surface area contributed by atoms with E-state index in [4.69, 9.17) is 5.11 Å². The second-order valence-corrected chi connectivity index (χ2v) is 4.12. The number of unbranched alkanes of at least 4 members (excludes halogenated alkanes) is 2. The summed E-state index contributed by atoms with van der Waals surface area (Å²) in [6.07, 6.45) is 7.17. The van der Waals surface area contributed by atoms with Crippen molar-refractivity contribution >= 4 is 0 Å². The molecule has 3 N–H and O–H groups in total. The summed E-state index contributed by atoms with van der Waals surface area (Å²) in [6.45, 7) is 3.80. The molecule has 1 atom stereocenters. The minimum Gasteiger partial charge on any atom is -0.396 e. The highest BCUT2D eigenvalue weighted by atomic mass is 16.2. The molecule has 1 saturated heterocycles. The highest BCUT2D eigenvalue weighted by Gasteiger charge is 2.09. The van der Waals surface area contributed by atoms with Gasteiger partial charge in [-0.3, -0.25) is 0 Å². The third-order valence-corrected chi connectivity index (χ3v) is 2.84. The summed E-state index contributed by atoms with van der Waals surface area (Å²) in [5.74, 6) is 0. The molecule has 1 rings (SSSR count). The minimum absolute atomic E-state index is 0.341. The van der Waals surface area contributed by atoms with E-state index in [0.29, 0.717) is 6.61 Å². The molecular weight excluding hydrogens is 176 g/mol. The topological polar surface area (TPSA) is 44.3 Å². The lowest BCUT2D eigenvalue weighted by Crippen LogP contribution is -2.30. The van der Waals surface area contributed by atoms with Crippen LogP contribution in [0.15, 0.2) is 0 Å². The monoisotopic (exact) mass is 200 g/mol. The van der Waals surface area contributed by atoms with Crippen molar-refractivity contribution < 1.29 is 5.11 Å². The van der Waals surface area contributed by atoms with Crippen LogP contribution in [0.2, 0.25) is 0 Å². The maximum Gasteiger partial charge on any atom is 0.0431 e. The average Bonchev–Trinajstić information content (AvgIpc) is 2.46. The van der Waals surface area contributed by atoms with Gasteiger partial charge in [0.05, 0.1) is 0 Å². The molecule has 0 spiro atoms. The molecule has 0 aliphatic carbocycles. The molecule has 0 aromatic heterocycles. The standard InChI is InChI=1S/C11H24N2O/c14-10-3-1-2-8-13-11-5-4-7-12-9-6-11/h11-14H,1-10H2. The summed E-state index contributed by atoms with van der Waals surface area (Å²) in [6, 6.07) is 0.721. The lowest BCUT2D eigenvalue weighted by molar-refractivity contribution is 0.282. The van der Waals surface area contributed by atoms with Crippen LogP contribution in [0.3, 0.4) is 0 Å². The van der Waals surface area contributed by atoms with E-state index in [2.05, 4.69) is 10.6 Å². The van der Waals surface area contributed by atoms with E-state index in [1.807, 2.05) is 0 Å². The molecule has 3 nitrogen and oxygen atoms in total. The van der Waals surface area contributed by atoms with E-state index < -0.39 is 0 Å². The molecule has 1 fully saturated rings. The van der Waals surface area contributed by atoms with Crippen LogP contribution in [-0.2, 0) is 0 Å². The smallest absolute Gasteiger partial charge is 0.0431 e. The summed E-state index contributed by atoms with van der Waals surface area (Å²) < 4.78 is 0. The Bertz CT molecular complexity index is 122. The molecule has 0 radical (unpaired) electrons. The molecule has 84 valence electrons. The van der Waals surface area contributed by atoms with Gasteiger partial charge in [0.15, 0.2) is 0 Å². The molecule has 0 bridgehead atoms. The zero-order valence-electron chi connectivity index (χ0n) is 9.10. The van der Waals surface area contributed by atoms with Crippen LogP contribution in [0.4, 0.5) is 0 Å². The number of hydrogen-bond donors (Lipinski definition) is 3. The van der Waals surface area contributed by atoms with Crippen LogP contribution in [0.25, 0.3) is 0 Å². The highest BCUT2D eigenvalue weighted by molar-refractivity contribution is 4.72. The number of aliphatic hydroxyl groups is 1. The van der Waals surface area contributed by atoms with Gasteiger partial charge in [-0.05, 0) is 58.2 Å². The molecule has 3 heteroatoms. The summed E-state index contributed by atoms with van der Waals surface area (Å²) in [4.78, 5) is 0. The Balaban J connectivity index is 1.93. The highest BCUT2D eigenvalue weighted by Crippen LogP contribution is 2.05. The van der Waals surface area contributed by atoms with Gasteiger partial charge < -0.3 is 15.7 Å². The molecule has 1 aliphatic rings. The number of rotatable bonds is 6. The number of hydrogen-bond acceptors (Lipinski definition) is 3. The Morgan fingerprint density at radius 3 is 2.93 bits per heavy atom. The van der Waals surface area contributed by atoms with Crippen molar-refractivity contribution in [2.75, 3.05) is 26.2 Å². The molecular formula is C11H24N2O. The maximum absolute atomic E-state index is 8.62. The number of aliphatic hydroxyl groups excluding tert-OH is 1. The Morgan fingerprint density at radius 1 is 1.14 bits per heavy atom. The third-order valence-electron chi connectivity index (χ3n) is 2.84. The largest absolute Gasteiger partial charge is 0.396 e. The second-order valence-electron chi connectivity index (χ2n) is 4.12. The van der Waals surface area contributed by atoms with Crippen molar-refractivity contribution in [2.45, 2.75) is 44.6 Å². The lowest BCUT2D eigenvalue weighted by atomic mass is 10.1. The molecule has 14 heavy (non-hydrogen) atoms.